The third kappa shape index (κ3) is 1.74. The summed E-state index contributed by atoms with van der Waals surface area (Å²) in [7, 11) is -0.901. The summed E-state index contributed by atoms with van der Waals surface area (Å²) in [6, 6.07) is 0. The summed E-state index contributed by atoms with van der Waals surface area (Å²) >= 11 is 0. The molecule has 0 saturated carbocycles. The molecule has 1 aliphatic heterocycles. The van der Waals surface area contributed by atoms with Crippen LogP contribution in [-0.4, -0.2) is 38.1 Å². The van der Waals surface area contributed by atoms with Crippen LogP contribution in [0.15, 0.2) is 0 Å². The van der Waals surface area contributed by atoms with E-state index < -0.39 is 23.0 Å². The first-order chi connectivity index (χ1) is 4.20. The van der Waals surface area contributed by atoms with Crippen molar-refractivity contribution in [2.45, 2.75) is 18.6 Å². The number of aliphatic hydroxyl groups excluding tert-OH is 2. The van der Waals surface area contributed by atoms with Gasteiger partial charge in [-0.1, -0.05) is 0 Å². The lowest BCUT2D eigenvalue weighted by molar-refractivity contribution is 0.0286. The van der Waals surface area contributed by atoms with Crippen LogP contribution in [0.4, 0.5) is 0 Å². The number of hydrogen-bond acceptors (Lipinski definition) is 3. The molecular formula is C5H10O3S. The predicted octanol–water partition coefficient (Wildman–Crippen LogP) is -1.14. The fourth-order valence-electron chi connectivity index (χ4n) is 0.829. The predicted molar refractivity (Wildman–Crippen MR) is 34.5 cm³/mol. The molecule has 0 spiro atoms. The van der Waals surface area contributed by atoms with Gasteiger partial charge in [0.15, 0.2) is 0 Å². The first kappa shape index (κ1) is 7.18. The minimum absolute atomic E-state index is 0.237. The van der Waals surface area contributed by atoms with Crippen LogP contribution in [-0.2, 0) is 10.8 Å². The van der Waals surface area contributed by atoms with Gasteiger partial charge in [-0.25, -0.2) is 0 Å². The molecule has 1 saturated heterocycles. The first-order valence-corrected chi connectivity index (χ1v) is 4.40. The van der Waals surface area contributed by atoms with Crippen molar-refractivity contribution < 1.29 is 14.4 Å². The molecule has 1 rings (SSSR count). The van der Waals surface area contributed by atoms with Gasteiger partial charge < -0.3 is 10.2 Å². The van der Waals surface area contributed by atoms with Crippen LogP contribution in [0.2, 0.25) is 0 Å². The second-order valence-electron chi connectivity index (χ2n) is 2.23. The van der Waals surface area contributed by atoms with Crippen molar-refractivity contribution in [2.24, 2.45) is 0 Å². The van der Waals surface area contributed by atoms with Crippen molar-refractivity contribution in [1.82, 2.24) is 0 Å². The Hall–Kier alpha value is 0.0700. The molecule has 0 amide bonds. The molecule has 1 aliphatic rings. The van der Waals surface area contributed by atoms with E-state index in [0.717, 1.165) is 0 Å². The van der Waals surface area contributed by atoms with Gasteiger partial charge in [-0.05, 0) is 6.42 Å². The summed E-state index contributed by atoms with van der Waals surface area (Å²) in [5, 5.41) is 17.8. The maximum absolute atomic E-state index is 10.7. The van der Waals surface area contributed by atoms with Gasteiger partial charge in [0.1, 0.15) is 0 Å². The Morgan fingerprint density at radius 2 is 2.00 bits per heavy atom. The summed E-state index contributed by atoms with van der Waals surface area (Å²) < 4.78 is 10.7. The number of aliphatic hydroxyl groups is 2. The van der Waals surface area contributed by atoms with Crippen molar-refractivity contribution in [3.8, 4) is 0 Å². The van der Waals surface area contributed by atoms with E-state index in [2.05, 4.69) is 0 Å². The van der Waals surface area contributed by atoms with Crippen LogP contribution in [0.1, 0.15) is 6.42 Å². The molecule has 0 aromatic heterocycles. The molecule has 3 nitrogen and oxygen atoms in total. The average molecular weight is 150 g/mol. The van der Waals surface area contributed by atoms with Crippen LogP contribution in [0, 0.1) is 0 Å². The third-order valence-electron chi connectivity index (χ3n) is 1.44. The molecule has 2 N–H and O–H groups in total. The normalized spacial score (nSPS) is 44.9. The molecule has 3 unspecified atom stereocenters. The van der Waals surface area contributed by atoms with Crippen molar-refractivity contribution >= 4 is 10.8 Å². The summed E-state index contributed by atoms with van der Waals surface area (Å²) in [4.78, 5) is 0. The quantitative estimate of drug-likeness (QED) is 0.459. The van der Waals surface area contributed by atoms with E-state index in [-0.39, 0.29) is 5.75 Å². The summed E-state index contributed by atoms with van der Waals surface area (Å²) in [5.74, 6) is 0.763. The Labute approximate surface area is 56.2 Å². The minimum atomic E-state index is -0.901. The van der Waals surface area contributed by atoms with Crippen LogP contribution in [0.3, 0.4) is 0 Å². The van der Waals surface area contributed by atoms with Crippen molar-refractivity contribution in [1.29, 1.82) is 0 Å². The molecule has 0 radical (unpaired) electrons. The molecule has 0 bridgehead atoms. The Kier molecular flexibility index (Phi) is 2.21. The van der Waals surface area contributed by atoms with Crippen molar-refractivity contribution in [3.05, 3.63) is 0 Å². The Bertz CT molecular complexity index is 125. The van der Waals surface area contributed by atoms with E-state index in [9.17, 15) is 4.21 Å². The Balaban J connectivity index is 2.44. The lowest BCUT2D eigenvalue weighted by Gasteiger charge is -2.21. The summed E-state index contributed by atoms with van der Waals surface area (Å²) in [5.41, 5.74) is 0. The highest BCUT2D eigenvalue weighted by Crippen LogP contribution is 2.08. The van der Waals surface area contributed by atoms with Crippen LogP contribution >= 0.6 is 0 Å². The zero-order chi connectivity index (χ0) is 6.85. The third-order valence-corrected chi connectivity index (χ3v) is 2.85. The lowest BCUT2D eigenvalue weighted by Crippen LogP contribution is -2.37. The van der Waals surface area contributed by atoms with Crippen LogP contribution < -0.4 is 0 Å². The monoisotopic (exact) mass is 150 g/mol. The van der Waals surface area contributed by atoms with Crippen LogP contribution in [0.5, 0.6) is 0 Å². The SMILES string of the molecule is O=S1CCC(O)C(O)C1. The standard InChI is InChI=1S/C5H10O3S/c6-4-1-2-9(8)3-5(4)7/h4-7H,1-3H2. The number of hydrogen-bond donors (Lipinski definition) is 2. The molecule has 1 fully saturated rings. The number of rotatable bonds is 0. The van der Waals surface area contributed by atoms with Gasteiger partial charge in [-0.3, -0.25) is 4.21 Å². The molecule has 9 heavy (non-hydrogen) atoms. The average Bonchev–Trinajstić information content (AvgIpc) is 1.80. The summed E-state index contributed by atoms with van der Waals surface area (Å²) in [6.07, 6.45) is -0.949. The molecule has 1 heterocycles. The highest BCUT2D eigenvalue weighted by Gasteiger charge is 2.24. The zero-order valence-corrected chi connectivity index (χ0v) is 5.80. The Morgan fingerprint density at radius 1 is 1.33 bits per heavy atom. The Morgan fingerprint density at radius 3 is 2.44 bits per heavy atom. The van der Waals surface area contributed by atoms with Gasteiger partial charge in [-0.15, -0.1) is 0 Å². The minimum Gasteiger partial charge on any atom is -0.390 e. The van der Waals surface area contributed by atoms with E-state index in [1.807, 2.05) is 0 Å². The van der Waals surface area contributed by atoms with Crippen molar-refractivity contribution in [3.63, 3.8) is 0 Å². The van der Waals surface area contributed by atoms with Crippen molar-refractivity contribution in [2.75, 3.05) is 11.5 Å². The van der Waals surface area contributed by atoms with E-state index in [1.54, 1.807) is 0 Å². The van der Waals surface area contributed by atoms with Gasteiger partial charge in [0.25, 0.3) is 0 Å². The van der Waals surface area contributed by atoms with Gasteiger partial charge in [0, 0.05) is 16.6 Å². The topological polar surface area (TPSA) is 57.5 Å². The first-order valence-electron chi connectivity index (χ1n) is 2.91. The molecule has 0 aromatic rings. The molecule has 3 atom stereocenters. The van der Waals surface area contributed by atoms with E-state index >= 15 is 0 Å². The van der Waals surface area contributed by atoms with Gasteiger partial charge in [0.05, 0.1) is 18.0 Å². The fraction of sp³-hybridized carbons (Fsp3) is 1.00. The van der Waals surface area contributed by atoms with Crippen LogP contribution in [0.25, 0.3) is 0 Å². The maximum Gasteiger partial charge on any atom is 0.0914 e. The van der Waals surface area contributed by atoms with E-state index in [1.165, 1.54) is 0 Å². The molecular weight excluding hydrogens is 140 g/mol. The highest BCUT2D eigenvalue weighted by atomic mass is 32.2. The van der Waals surface area contributed by atoms with Gasteiger partial charge >= 0.3 is 0 Å². The van der Waals surface area contributed by atoms with E-state index in [4.69, 9.17) is 10.2 Å². The molecule has 0 aromatic carbocycles. The van der Waals surface area contributed by atoms with Gasteiger partial charge in [0.2, 0.25) is 0 Å². The second-order valence-corrected chi connectivity index (χ2v) is 3.86. The molecule has 0 aliphatic carbocycles. The molecule has 54 valence electrons. The maximum atomic E-state index is 10.7. The second kappa shape index (κ2) is 2.77. The highest BCUT2D eigenvalue weighted by molar-refractivity contribution is 7.85. The summed E-state index contributed by atoms with van der Waals surface area (Å²) in [6.45, 7) is 0. The fourth-order valence-corrected chi connectivity index (χ4v) is 2.10. The largest absolute Gasteiger partial charge is 0.390 e. The van der Waals surface area contributed by atoms with Gasteiger partial charge in [-0.2, -0.15) is 0 Å². The zero-order valence-electron chi connectivity index (χ0n) is 4.99. The smallest absolute Gasteiger partial charge is 0.0914 e. The van der Waals surface area contributed by atoms with E-state index in [0.29, 0.717) is 12.2 Å². The molecule has 4 heteroatoms. The lowest BCUT2D eigenvalue weighted by atomic mass is 10.2.